The van der Waals surface area contributed by atoms with E-state index in [0.717, 1.165) is 39.2 Å². The van der Waals surface area contributed by atoms with E-state index in [1.165, 1.54) is 9.36 Å². The summed E-state index contributed by atoms with van der Waals surface area (Å²) in [6.45, 7) is 8.18. The summed E-state index contributed by atoms with van der Waals surface area (Å²) in [6.07, 6.45) is 1.79. The third-order valence-corrected chi connectivity index (χ3v) is 5.31. The molecule has 0 saturated carbocycles. The zero-order chi connectivity index (χ0) is 22.1. The molecular weight excluding hydrogens is 392 g/mol. The Balaban J connectivity index is 1.67. The quantitative estimate of drug-likeness (QED) is 0.496. The van der Waals surface area contributed by atoms with Gasteiger partial charge >= 0.3 is 5.69 Å². The van der Waals surface area contributed by atoms with Gasteiger partial charge in [0.1, 0.15) is 6.61 Å². The number of pyridine rings is 2. The molecule has 0 radical (unpaired) electrons. The lowest BCUT2D eigenvalue weighted by Gasteiger charge is -2.15. The smallest absolute Gasteiger partial charge is 0.368 e. The summed E-state index contributed by atoms with van der Waals surface area (Å²) in [6, 6.07) is 11.7. The number of hydrogen-bond acceptors (Lipinski definition) is 6. The molecule has 4 rings (SSSR count). The van der Waals surface area contributed by atoms with E-state index in [1.54, 1.807) is 13.2 Å². The van der Waals surface area contributed by atoms with Gasteiger partial charge in [0.25, 0.3) is 0 Å². The van der Waals surface area contributed by atoms with Crippen molar-refractivity contribution in [2.45, 2.75) is 34.3 Å². The number of nitrogens with zero attached hydrogens (tertiary/aromatic N) is 6. The third kappa shape index (κ3) is 3.84. The zero-order valence-corrected chi connectivity index (χ0v) is 18.2. The van der Waals surface area contributed by atoms with Crippen molar-refractivity contribution in [1.29, 1.82) is 0 Å². The van der Waals surface area contributed by atoms with Crippen LogP contribution in [-0.4, -0.2) is 29.8 Å². The van der Waals surface area contributed by atoms with Crippen LogP contribution in [0, 0.1) is 27.7 Å². The van der Waals surface area contributed by atoms with Crippen LogP contribution in [0.5, 0.6) is 5.88 Å². The van der Waals surface area contributed by atoms with Gasteiger partial charge in [0.15, 0.2) is 0 Å². The Kier molecular flexibility index (Phi) is 5.37. The Morgan fingerprint density at radius 3 is 2.45 bits per heavy atom. The molecule has 0 bridgehead atoms. The van der Waals surface area contributed by atoms with Gasteiger partial charge in [0.05, 0.1) is 17.1 Å². The van der Waals surface area contributed by atoms with E-state index >= 15 is 0 Å². The molecule has 0 aliphatic heterocycles. The fourth-order valence-corrected chi connectivity index (χ4v) is 3.52. The molecule has 31 heavy (non-hydrogen) atoms. The molecule has 3 heterocycles. The number of hydrogen-bond donors (Lipinski definition) is 0. The molecule has 3 aromatic heterocycles. The van der Waals surface area contributed by atoms with Crippen molar-refractivity contribution in [3.8, 4) is 22.8 Å². The van der Waals surface area contributed by atoms with Crippen molar-refractivity contribution >= 4 is 0 Å². The summed E-state index contributed by atoms with van der Waals surface area (Å²) in [4.78, 5) is 21.6. The van der Waals surface area contributed by atoms with Crippen LogP contribution in [0.25, 0.3) is 16.9 Å². The maximum Gasteiger partial charge on any atom is 0.368 e. The van der Waals surface area contributed by atoms with E-state index in [-0.39, 0.29) is 12.3 Å². The molecule has 1 aromatic carbocycles. The van der Waals surface area contributed by atoms with Crippen molar-refractivity contribution in [3.63, 3.8) is 0 Å². The number of rotatable bonds is 5. The zero-order valence-electron chi connectivity index (χ0n) is 18.2. The molecule has 0 spiro atoms. The van der Waals surface area contributed by atoms with Crippen LogP contribution in [0.4, 0.5) is 0 Å². The molecule has 0 aliphatic carbocycles. The van der Waals surface area contributed by atoms with Crippen molar-refractivity contribution in [3.05, 3.63) is 81.0 Å². The van der Waals surface area contributed by atoms with Crippen molar-refractivity contribution in [2.75, 3.05) is 0 Å². The maximum absolute atomic E-state index is 12.3. The minimum absolute atomic E-state index is 0.250. The highest BCUT2D eigenvalue weighted by molar-refractivity contribution is 5.66. The van der Waals surface area contributed by atoms with Crippen molar-refractivity contribution in [1.82, 2.24) is 29.8 Å². The third-order valence-electron chi connectivity index (χ3n) is 5.31. The van der Waals surface area contributed by atoms with E-state index < -0.39 is 0 Å². The second kappa shape index (κ2) is 8.14. The monoisotopic (exact) mass is 416 g/mol. The van der Waals surface area contributed by atoms with Gasteiger partial charge in [-0.2, -0.15) is 9.36 Å². The number of benzene rings is 1. The summed E-state index contributed by atoms with van der Waals surface area (Å²) in [5, 5.41) is 7.78. The Morgan fingerprint density at radius 2 is 1.74 bits per heavy atom. The van der Waals surface area contributed by atoms with Gasteiger partial charge in [0.2, 0.25) is 5.88 Å². The normalized spacial score (nSPS) is 11.0. The summed E-state index contributed by atoms with van der Waals surface area (Å²) >= 11 is 0. The Labute approximate surface area is 180 Å². The molecule has 8 nitrogen and oxygen atoms in total. The van der Waals surface area contributed by atoms with Gasteiger partial charge in [-0.15, -0.1) is 0 Å². The molecule has 8 heteroatoms. The number of ether oxygens (including phenoxy) is 1. The fraction of sp³-hybridized carbons (Fsp3) is 0.261. The van der Waals surface area contributed by atoms with Gasteiger partial charge in [0, 0.05) is 29.9 Å². The topological polar surface area (TPSA) is 87.7 Å². The van der Waals surface area contributed by atoms with E-state index in [0.29, 0.717) is 11.6 Å². The summed E-state index contributed by atoms with van der Waals surface area (Å²) < 4.78 is 8.59. The lowest BCUT2D eigenvalue weighted by molar-refractivity contribution is 0.290. The minimum Gasteiger partial charge on any atom is -0.473 e. The first-order valence-electron chi connectivity index (χ1n) is 9.97. The SMILES string of the molecule is Cc1cc(-c2ncccc2C)c(C)nc1OCc1c(C)cccc1-n1nnn(C)c1=O. The highest BCUT2D eigenvalue weighted by atomic mass is 16.5. The highest BCUT2D eigenvalue weighted by Crippen LogP contribution is 2.29. The van der Waals surface area contributed by atoms with E-state index in [2.05, 4.69) is 21.5 Å². The first-order valence-corrected chi connectivity index (χ1v) is 9.97. The highest BCUT2D eigenvalue weighted by Gasteiger charge is 2.16. The van der Waals surface area contributed by atoms with Crippen molar-refractivity contribution < 1.29 is 4.74 Å². The standard InChI is InChI=1S/C23H24N6O2/c1-14-8-6-10-20(29-23(30)28(5)26-27-29)19(14)13-31-22-16(3)12-18(17(4)25-22)21-15(2)9-7-11-24-21/h6-12H,13H2,1-5H3. The van der Waals surface area contributed by atoms with Crippen LogP contribution >= 0.6 is 0 Å². The average molecular weight is 416 g/mol. The van der Waals surface area contributed by atoms with Gasteiger partial charge in [-0.05, 0) is 67.4 Å². The predicted octanol–water partition coefficient (Wildman–Crippen LogP) is 3.24. The molecule has 0 unspecified atom stereocenters. The maximum atomic E-state index is 12.3. The van der Waals surface area contributed by atoms with E-state index in [4.69, 9.17) is 9.72 Å². The molecule has 0 atom stereocenters. The molecule has 0 N–H and O–H groups in total. The summed E-state index contributed by atoms with van der Waals surface area (Å²) in [7, 11) is 1.57. The summed E-state index contributed by atoms with van der Waals surface area (Å²) in [5.41, 5.74) is 6.95. The number of tetrazole rings is 1. The largest absolute Gasteiger partial charge is 0.473 e. The Hall–Kier alpha value is -3.81. The van der Waals surface area contributed by atoms with Gasteiger partial charge < -0.3 is 4.74 Å². The Morgan fingerprint density at radius 1 is 0.968 bits per heavy atom. The average Bonchev–Trinajstić information content (AvgIpc) is 3.08. The first kappa shape index (κ1) is 20.5. The number of aromatic nitrogens is 6. The van der Waals surface area contributed by atoms with Crippen LogP contribution in [0.3, 0.4) is 0 Å². The molecule has 0 saturated heterocycles. The van der Waals surface area contributed by atoms with Crippen LogP contribution < -0.4 is 10.4 Å². The fourth-order valence-electron chi connectivity index (χ4n) is 3.52. The van der Waals surface area contributed by atoms with Crippen LogP contribution in [-0.2, 0) is 13.7 Å². The van der Waals surface area contributed by atoms with E-state index in [1.807, 2.05) is 58.0 Å². The predicted molar refractivity (Wildman–Crippen MR) is 117 cm³/mol. The van der Waals surface area contributed by atoms with Crippen molar-refractivity contribution in [2.24, 2.45) is 7.05 Å². The lowest BCUT2D eigenvalue weighted by atomic mass is 10.0. The first-order chi connectivity index (χ1) is 14.9. The second-order valence-electron chi connectivity index (χ2n) is 7.57. The molecule has 0 fully saturated rings. The van der Waals surface area contributed by atoms with Crippen LogP contribution in [0.2, 0.25) is 0 Å². The van der Waals surface area contributed by atoms with Gasteiger partial charge in [-0.1, -0.05) is 18.2 Å². The molecule has 4 aromatic rings. The summed E-state index contributed by atoms with van der Waals surface area (Å²) in [5.74, 6) is 0.551. The van der Waals surface area contributed by atoms with E-state index in [9.17, 15) is 4.79 Å². The number of aryl methyl sites for hydroxylation is 5. The lowest BCUT2D eigenvalue weighted by Crippen LogP contribution is -2.23. The molecule has 0 aliphatic rings. The van der Waals surface area contributed by atoms with Crippen LogP contribution in [0.1, 0.15) is 27.9 Å². The second-order valence-corrected chi connectivity index (χ2v) is 7.57. The molecule has 0 amide bonds. The van der Waals surface area contributed by atoms with Gasteiger partial charge in [-0.25, -0.2) is 9.78 Å². The molecule has 158 valence electrons. The molecular formula is C23H24N6O2. The van der Waals surface area contributed by atoms with Crippen LogP contribution in [0.15, 0.2) is 47.4 Å². The Bertz CT molecular complexity index is 1320. The minimum atomic E-state index is -0.313. The van der Waals surface area contributed by atoms with Gasteiger partial charge in [-0.3, -0.25) is 4.98 Å².